The lowest BCUT2D eigenvalue weighted by Gasteiger charge is -2.07. The van der Waals surface area contributed by atoms with Crippen LogP contribution in [0.3, 0.4) is 0 Å². The minimum Gasteiger partial charge on any atom is -0.330 e. The van der Waals surface area contributed by atoms with E-state index in [-0.39, 0.29) is 4.90 Å². The van der Waals surface area contributed by atoms with Gasteiger partial charge in [0.05, 0.1) is 4.90 Å². The summed E-state index contributed by atoms with van der Waals surface area (Å²) >= 11 is 3.20. The molecule has 15 heavy (non-hydrogen) atoms. The molecule has 0 amide bonds. The molecule has 0 unspecified atom stereocenters. The van der Waals surface area contributed by atoms with Gasteiger partial charge in [0, 0.05) is 11.0 Å². The number of nitrogens with two attached hydrogens (primary N) is 1. The summed E-state index contributed by atoms with van der Waals surface area (Å²) in [6.45, 7) is 0.832. The Labute approximate surface area is 98.0 Å². The van der Waals surface area contributed by atoms with E-state index in [1.807, 2.05) is 0 Å². The summed E-state index contributed by atoms with van der Waals surface area (Å²) in [5.41, 5.74) is 5.28. The fraction of sp³-hybridized carbons (Fsp3) is 0.333. The van der Waals surface area contributed by atoms with Crippen LogP contribution >= 0.6 is 15.9 Å². The average molecular weight is 293 g/mol. The Bertz CT molecular complexity index is 420. The lowest BCUT2D eigenvalue weighted by atomic mass is 10.4. The third kappa shape index (κ3) is 3.57. The zero-order chi connectivity index (χ0) is 11.3. The van der Waals surface area contributed by atoms with Crippen molar-refractivity contribution in [3.63, 3.8) is 0 Å². The fourth-order valence-electron chi connectivity index (χ4n) is 1.05. The van der Waals surface area contributed by atoms with Gasteiger partial charge in [-0.05, 0) is 41.0 Å². The molecule has 1 aromatic carbocycles. The van der Waals surface area contributed by atoms with E-state index in [1.165, 1.54) is 0 Å². The highest BCUT2D eigenvalue weighted by Gasteiger charge is 2.15. The molecule has 1 rings (SSSR count). The first-order valence-electron chi connectivity index (χ1n) is 4.52. The molecule has 0 radical (unpaired) electrons. The van der Waals surface area contributed by atoms with Gasteiger partial charge in [-0.15, -0.1) is 0 Å². The minimum absolute atomic E-state index is 0.252. The maximum absolute atomic E-state index is 11.7. The van der Waals surface area contributed by atoms with E-state index in [1.54, 1.807) is 24.3 Å². The van der Waals surface area contributed by atoms with Crippen molar-refractivity contribution in [3.8, 4) is 0 Å². The van der Waals surface area contributed by atoms with Gasteiger partial charge >= 0.3 is 0 Å². The van der Waals surface area contributed by atoms with Crippen LogP contribution in [0.4, 0.5) is 0 Å². The summed E-state index contributed by atoms with van der Waals surface area (Å²) in [4.78, 5) is 0.252. The molecule has 6 heteroatoms. The van der Waals surface area contributed by atoms with Gasteiger partial charge in [-0.1, -0.05) is 12.1 Å². The summed E-state index contributed by atoms with van der Waals surface area (Å²) in [5.74, 6) is 0. The number of rotatable bonds is 5. The Morgan fingerprint density at radius 2 is 2.00 bits per heavy atom. The van der Waals surface area contributed by atoms with Crippen molar-refractivity contribution in [2.75, 3.05) is 13.1 Å². The van der Waals surface area contributed by atoms with Gasteiger partial charge < -0.3 is 5.73 Å². The molecule has 0 bridgehead atoms. The van der Waals surface area contributed by atoms with Gasteiger partial charge in [-0.3, -0.25) is 0 Å². The lowest BCUT2D eigenvalue weighted by molar-refractivity contribution is 0.579. The third-order valence-corrected chi connectivity index (χ3v) is 4.27. The Morgan fingerprint density at radius 3 is 2.60 bits per heavy atom. The van der Waals surface area contributed by atoms with Crippen molar-refractivity contribution in [1.82, 2.24) is 4.72 Å². The second-order valence-electron chi connectivity index (χ2n) is 2.97. The quantitative estimate of drug-likeness (QED) is 0.798. The number of sulfonamides is 1. The maximum Gasteiger partial charge on any atom is 0.241 e. The van der Waals surface area contributed by atoms with Crippen LogP contribution in [0.2, 0.25) is 0 Å². The molecular formula is C9H13BrN2O2S. The van der Waals surface area contributed by atoms with Crippen molar-refractivity contribution in [1.29, 1.82) is 0 Å². The van der Waals surface area contributed by atoms with E-state index in [4.69, 9.17) is 5.73 Å². The summed E-state index contributed by atoms with van der Waals surface area (Å²) in [6.07, 6.45) is 0.629. The second-order valence-corrected chi connectivity index (χ2v) is 5.56. The SMILES string of the molecule is NCCCNS(=O)(=O)c1ccccc1Br. The first-order valence-corrected chi connectivity index (χ1v) is 6.80. The van der Waals surface area contributed by atoms with Crippen LogP contribution < -0.4 is 10.5 Å². The van der Waals surface area contributed by atoms with Crippen molar-refractivity contribution in [2.24, 2.45) is 5.73 Å². The molecule has 0 aliphatic rings. The van der Waals surface area contributed by atoms with Crippen LogP contribution in [0.25, 0.3) is 0 Å². The Kier molecular flexibility index (Phi) is 4.72. The Hall–Kier alpha value is -0.430. The van der Waals surface area contributed by atoms with E-state index in [9.17, 15) is 8.42 Å². The van der Waals surface area contributed by atoms with E-state index < -0.39 is 10.0 Å². The number of nitrogens with one attached hydrogen (secondary N) is 1. The van der Waals surface area contributed by atoms with Gasteiger partial charge in [-0.2, -0.15) is 0 Å². The van der Waals surface area contributed by atoms with Crippen LogP contribution in [0.5, 0.6) is 0 Å². The molecule has 0 aliphatic carbocycles. The highest BCUT2D eigenvalue weighted by molar-refractivity contribution is 9.10. The van der Waals surface area contributed by atoms with E-state index >= 15 is 0 Å². The third-order valence-electron chi connectivity index (χ3n) is 1.80. The largest absolute Gasteiger partial charge is 0.330 e. The van der Waals surface area contributed by atoms with Crippen LogP contribution in [0.1, 0.15) is 6.42 Å². The van der Waals surface area contributed by atoms with Crippen molar-refractivity contribution < 1.29 is 8.42 Å². The van der Waals surface area contributed by atoms with Gasteiger partial charge in [0.15, 0.2) is 0 Å². The molecule has 0 saturated heterocycles. The molecule has 0 saturated carbocycles. The Balaban J connectivity index is 2.83. The maximum atomic E-state index is 11.7. The second kappa shape index (κ2) is 5.60. The highest BCUT2D eigenvalue weighted by Crippen LogP contribution is 2.20. The number of hydrogen-bond donors (Lipinski definition) is 2. The molecule has 4 nitrogen and oxygen atoms in total. The van der Waals surface area contributed by atoms with Crippen LogP contribution in [0.15, 0.2) is 33.6 Å². The predicted molar refractivity (Wildman–Crippen MR) is 63.0 cm³/mol. The molecule has 0 aliphatic heterocycles. The normalized spacial score (nSPS) is 11.6. The number of hydrogen-bond acceptors (Lipinski definition) is 3. The first-order chi connectivity index (χ1) is 7.08. The monoisotopic (exact) mass is 292 g/mol. The van der Waals surface area contributed by atoms with E-state index in [0.29, 0.717) is 24.0 Å². The van der Waals surface area contributed by atoms with Crippen LogP contribution in [0, 0.1) is 0 Å². The summed E-state index contributed by atoms with van der Waals surface area (Å²) < 4.78 is 26.5. The number of benzene rings is 1. The number of halogens is 1. The smallest absolute Gasteiger partial charge is 0.241 e. The molecule has 0 heterocycles. The van der Waals surface area contributed by atoms with Crippen molar-refractivity contribution in [2.45, 2.75) is 11.3 Å². The molecule has 0 atom stereocenters. The van der Waals surface area contributed by atoms with E-state index in [0.717, 1.165) is 0 Å². The summed E-state index contributed by atoms with van der Waals surface area (Å²) in [5, 5.41) is 0. The molecule has 1 aromatic rings. The van der Waals surface area contributed by atoms with Crippen LogP contribution in [-0.4, -0.2) is 21.5 Å². The van der Waals surface area contributed by atoms with Gasteiger partial charge in [0.2, 0.25) is 10.0 Å². The average Bonchev–Trinajstić information content (AvgIpc) is 2.18. The molecule has 0 spiro atoms. The molecule has 0 aromatic heterocycles. The first kappa shape index (κ1) is 12.6. The highest BCUT2D eigenvalue weighted by atomic mass is 79.9. The minimum atomic E-state index is -3.42. The van der Waals surface area contributed by atoms with Crippen molar-refractivity contribution >= 4 is 26.0 Å². The summed E-state index contributed by atoms with van der Waals surface area (Å²) in [6, 6.07) is 6.69. The topological polar surface area (TPSA) is 72.2 Å². The standard InChI is InChI=1S/C9H13BrN2O2S/c10-8-4-1-2-5-9(8)15(13,14)12-7-3-6-11/h1-2,4-5,12H,3,6-7,11H2. The van der Waals surface area contributed by atoms with Gasteiger partial charge in [-0.25, -0.2) is 13.1 Å². The zero-order valence-corrected chi connectivity index (χ0v) is 10.5. The van der Waals surface area contributed by atoms with Crippen LogP contribution in [-0.2, 0) is 10.0 Å². The molecular weight excluding hydrogens is 280 g/mol. The molecule has 3 N–H and O–H groups in total. The van der Waals surface area contributed by atoms with Crippen molar-refractivity contribution in [3.05, 3.63) is 28.7 Å². The summed E-state index contributed by atoms with van der Waals surface area (Å²) in [7, 11) is -3.42. The molecule has 84 valence electrons. The molecule has 0 fully saturated rings. The zero-order valence-electron chi connectivity index (χ0n) is 8.11. The Morgan fingerprint density at radius 1 is 1.33 bits per heavy atom. The lowest BCUT2D eigenvalue weighted by Crippen LogP contribution is -2.26. The van der Waals surface area contributed by atoms with E-state index in [2.05, 4.69) is 20.7 Å². The van der Waals surface area contributed by atoms with Gasteiger partial charge in [0.1, 0.15) is 0 Å². The fourth-order valence-corrected chi connectivity index (χ4v) is 3.12. The predicted octanol–water partition coefficient (Wildman–Crippen LogP) is 1.08. The van der Waals surface area contributed by atoms with Gasteiger partial charge in [0.25, 0.3) is 0 Å².